The van der Waals surface area contributed by atoms with Crippen LogP contribution in [0.3, 0.4) is 0 Å². The molecule has 0 saturated carbocycles. The molecule has 0 fully saturated rings. The summed E-state index contributed by atoms with van der Waals surface area (Å²) >= 11 is 6.25. The summed E-state index contributed by atoms with van der Waals surface area (Å²) in [5.74, 6) is 1.72. The first-order chi connectivity index (χ1) is 11.2. The van der Waals surface area contributed by atoms with E-state index < -0.39 is 0 Å². The lowest BCUT2D eigenvalue weighted by Crippen LogP contribution is -1.92. The zero-order valence-corrected chi connectivity index (χ0v) is 12.6. The number of aromatic nitrogens is 2. The minimum atomic E-state index is 0.174. The molecule has 6 heteroatoms. The van der Waals surface area contributed by atoms with E-state index in [1.165, 1.54) is 0 Å². The first-order valence-electron chi connectivity index (χ1n) is 6.90. The van der Waals surface area contributed by atoms with Crippen LogP contribution >= 0.6 is 11.6 Å². The van der Waals surface area contributed by atoms with Gasteiger partial charge in [-0.25, -0.2) is 4.98 Å². The van der Waals surface area contributed by atoms with Crippen molar-refractivity contribution in [2.24, 2.45) is 0 Å². The maximum Gasteiger partial charge on any atom is 0.231 e. The molecule has 0 saturated heterocycles. The Morgan fingerprint density at radius 3 is 2.83 bits per heavy atom. The number of H-pyrrole nitrogens is 1. The van der Waals surface area contributed by atoms with Crippen LogP contribution in [0.5, 0.6) is 11.5 Å². The van der Waals surface area contributed by atoms with Gasteiger partial charge in [-0.05, 0) is 29.8 Å². The summed E-state index contributed by atoms with van der Waals surface area (Å²) in [5, 5.41) is 9.96. The molecule has 4 rings (SSSR count). The molecule has 3 aromatic rings. The number of hydrogen-bond acceptors (Lipinski definition) is 4. The predicted molar refractivity (Wildman–Crippen MR) is 87.2 cm³/mol. The summed E-state index contributed by atoms with van der Waals surface area (Å²) in [4.78, 5) is 7.57. The van der Waals surface area contributed by atoms with Crippen LogP contribution in [0.25, 0.3) is 22.7 Å². The monoisotopic (exact) mass is 323 g/mol. The summed E-state index contributed by atoms with van der Waals surface area (Å²) in [6.45, 7) is 0.174. The molecule has 1 aliphatic heterocycles. The van der Waals surface area contributed by atoms with Gasteiger partial charge in [0.25, 0.3) is 0 Å². The van der Waals surface area contributed by atoms with Crippen molar-refractivity contribution >= 4 is 34.3 Å². The van der Waals surface area contributed by atoms with Crippen LogP contribution in [0.2, 0.25) is 5.02 Å². The number of ether oxygens (including phenoxy) is 2. The molecule has 23 heavy (non-hydrogen) atoms. The van der Waals surface area contributed by atoms with Crippen molar-refractivity contribution in [1.82, 2.24) is 9.97 Å². The van der Waals surface area contributed by atoms with Crippen LogP contribution in [-0.4, -0.2) is 16.8 Å². The fourth-order valence-corrected chi connectivity index (χ4v) is 2.64. The van der Waals surface area contributed by atoms with Gasteiger partial charge in [0.1, 0.15) is 11.9 Å². The normalized spacial score (nSPS) is 13.3. The third kappa shape index (κ3) is 2.39. The first kappa shape index (κ1) is 13.7. The number of para-hydroxylation sites is 2. The van der Waals surface area contributed by atoms with E-state index in [-0.39, 0.29) is 6.79 Å². The smallest absolute Gasteiger partial charge is 0.231 e. The van der Waals surface area contributed by atoms with Crippen LogP contribution in [0.4, 0.5) is 0 Å². The van der Waals surface area contributed by atoms with Crippen molar-refractivity contribution in [3.05, 3.63) is 52.8 Å². The van der Waals surface area contributed by atoms with Crippen molar-refractivity contribution in [3.8, 4) is 17.6 Å². The molecule has 0 bridgehead atoms. The minimum absolute atomic E-state index is 0.174. The van der Waals surface area contributed by atoms with Crippen LogP contribution in [-0.2, 0) is 0 Å². The highest BCUT2D eigenvalue weighted by molar-refractivity contribution is 6.32. The molecule has 2 heterocycles. The Balaban J connectivity index is 1.80. The highest BCUT2D eigenvalue weighted by Crippen LogP contribution is 2.38. The van der Waals surface area contributed by atoms with Crippen molar-refractivity contribution in [2.45, 2.75) is 0 Å². The summed E-state index contributed by atoms with van der Waals surface area (Å²) in [7, 11) is 0. The Morgan fingerprint density at radius 1 is 1.26 bits per heavy atom. The average Bonchev–Trinajstić information content (AvgIpc) is 3.18. The highest BCUT2D eigenvalue weighted by atomic mass is 35.5. The topological polar surface area (TPSA) is 70.9 Å². The number of nitrogens with one attached hydrogen (secondary N) is 1. The number of hydrogen-bond donors (Lipinski definition) is 1. The summed E-state index contributed by atoms with van der Waals surface area (Å²) in [5.41, 5.74) is 2.75. The molecule has 5 nitrogen and oxygen atoms in total. The Labute approximate surface area is 136 Å². The van der Waals surface area contributed by atoms with Gasteiger partial charge in [-0.2, -0.15) is 5.26 Å². The zero-order valence-electron chi connectivity index (χ0n) is 11.8. The lowest BCUT2D eigenvalue weighted by atomic mass is 10.1. The second-order valence-corrected chi connectivity index (χ2v) is 5.41. The van der Waals surface area contributed by atoms with Crippen molar-refractivity contribution < 1.29 is 9.47 Å². The number of fused-ring (bicyclic) bond motifs is 2. The average molecular weight is 324 g/mol. The maximum absolute atomic E-state index is 9.47. The van der Waals surface area contributed by atoms with Crippen molar-refractivity contribution in [1.29, 1.82) is 5.26 Å². The Morgan fingerprint density at radius 2 is 2.04 bits per heavy atom. The Hall–Kier alpha value is -2.97. The zero-order chi connectivity index (χ0) is 15.8. The van der Waals surface area contributed by atoms with E-state index in [1.54, 1.807) is 18.2 Å². The van der Waals surface area contributed by atoms with E-state index >= 15 is 0 Å². The summed E-state index contributed by atoms with van der Waals surface area (Å²) in [6.07, 6.45) is 1.68. The molecule has 1 aromatic heterocycles. The molecule has 0 aliphatic carbocycles. The van der Waals surface area contributed by atoms with E-state index in [2.05, 4.69) is 16.0 Å². The number of imidazole rings is 1. The van der Waals surface area contributed by atoms with E-state index in [0.29, 0.717) is 33.5 Å². The van der Waals surface area contributed by atoms with Gasteiger partial charge in [0.05, 0.1) is 21.6 Å². The number of aromatic amines is 1. The molecule has 0 unspecified atom stereocenters. The molecule has 112 valence electrons. The third-order valence-electron chi connectivity index (χ3n) is 3.56. The molecule has 1 N–H and O–H groups in total. The second-order valence-electron chi connectivity index (χ2n) is 5.00. The number of halogens is 1. The number of allylic oxidation sites excluding steroid dienone is 1. The molecule has 2 aromatic carbocycles. The largest absolute Gasteiger partial charge is 0.454 e. The van der Waals surface area contributed by atoms with Crippen LogP contribution in [0.15, 0.2) is 36.4 Å². The van der Waals surface area contributed by atoms with Crippen LogP contribution < -0.4 is 9.47 Å². The van der Waals surface area contributed by atoms with E-state index in [1.807, 2.05) is 24.3 Å². The predicted octanol–water partition coefficient (Wildman–Crippen LogP) is 4.01. The van der Waals surface area contributed by atoms with Crippen LogP contribution in [0.1, 0.15) is 11.4 Å². The first-order valence-corrected chi connectivity index (χ1v) is 7.28. The van der Waals surface area contributed by atoms with Gasteiger partial charge >= 0.3 is 0 Å². The van der Waals surface area contributed by atoms with Crippen molar-refractivity contribution in [3.63, 3.8) is 0 Å². The number of benzene rings is 2. The van der Waals surface area contributed by atoms with E-state index in [0.717, 1.165) is 11.0 Å². The highest BCUT2D eigenvalue weighted by Gasteiger charge is 2.17. The molecular formula is C17H10ClN3O2. The van der Waals surface area contributed by atoms with Gasteiger partial charge in [-0.1, -0.05) is 23.7 Å². The molecular weight excluding hydrogens is 314 g/mol. The Bertz CT molecular complexity index is 952. The summed E-state index contributed by atoms with van der Waals surface area (Å²) in [6, 6.07) is 13.2. The maximum atomic E-state index is 9.47. The Kier molecular flexibility index (Phi) is 3.18. The van der Waals surface area contributed by atoms with Gasteiger partial charge in [-0.3, -0.25) is 0 Å². The molecule has 0 radical (unpaired) electrons. The molecule has 0 atom stereocenters. The fraction of sp³-hybridized carbons (Fsp3) is 0.0588. The van der Waals surface area contributed by atoms with Gasteiger partial charge in [-0.15, -0.1) is 0 Å². The molecule has 0 spiro atoms. The number of rotatable bonds is 2. The van der Waals surface area contributed by atoms with Gasteiger partial charge < -0.3 is 14.5 Å². The fourth-order valence-electron chi connectivity index (χ4n) is 2.43. The van der Waals surface area contributed by atoms with Gasteiger partial charge in [0, 0.05) is 6.07 Å². The number of nitrogens with zero attached hydrogens (tertiary/aromatic N) is 2. The van der Waals surface area contributed by atoms with Crippen molar-refractivity contribution in [2.75, 3.05) is 6.79 Å². The summed E-state index contributed by atoms with van der Waals surface area (Å²) < 4.78 is 10.6. The SMILES string of the molecule is N#CC(=Cc1cc2c(cc1Cl)OCO2)c1nc2ccccc2[nH]1. The van der Waals surface area contributed by atoms with Crippen LogP contribution in [0, 0.1) is 11.3 Å². The quantitative estimate of drug-likeness (QED) is 0.723. The van der Waals surface area contributed by atoms with E-state index in [4.69, 9.17) is 21.1 Å². The van der Waals surface area contributed by atoms with Gasteiger partial charge in [0.15, 0.2) is 11.5 Å². The standard InChI is InChI=1S/C17H10ClN3O2/c18-12-7-16-15(22-9-23-16)6-10(12)5-11(8-19)17-20-13-3-1-2-4-14(13)21-17/h1-7H,9H2,(H,20,21). The van der Waals surface area contributed by atoms with Gasteiger partial charge in [0.2, 0.25) is 6.79 Å². The minimum Gasteiger partial charge on any atom is -0.454 e. The number of nitriles is 1. The lowest BCUT2D eigenvalue weighted by Gasteiger charge is -2.02. The van der Waals surface area contributed by atoms with E-state index in [9.17, 15) is 5.26 Å². The third-order valence-corrected chi connectivity index (χ3v) is 3.88. The molecule has 0 amide bonds. The lowest BCUT2D eigenvalue weighted by molar-refractivity contribution is 0.174. The second kappa shape index (κ2) is 5.34. The molecule has 1 aliphatic rings.